The number of carbonyl (C=O) groups is 2. The van der Waals surface area contributed by atoms with Crippen LogP contribution in [-0.4, -0.2) is 11.8 Å². The lowest BCUT2D eigenvalue weighted by atomic mass is 10.0. The molecule has 3 rings (SSSR count). The number of carbonyl (C=O) groups excluding carboxylic acids is 2. The van der Waals surface area contributed by atoms with Crippen molar-refractivity contribution in [1.29, 1.82) is 0 Å². The average molecular weight is 376 g/mol. The molecule has 0 aliphatic heterocycles. The van der Waals surface area contributed by atoms with Crippen LogP contribution < -0.4 is 10.6 Å². The highest BCUT2D eigenvalue weighted by Crippen LogP contribution is 2.40. The molecule has 2 atom stereocenters. The molecule has 1 aliphatic rings. The van der Waals surface area contributed by atoms with Crippen molar-refractivity contribution < 1.29 is 22.8 Å². The molecule has 1 saturated carbocycles. The Kier molecular flexibility index (Phi) is 5.21. The Morgan fingerprint density at radius 3 is 2.07 bits per heavy atom. The van der Waals surface area contributed by atoms with Crippen molar-refractivity contribution in [2.24, 2.45) is 11.8 Å². The summed E-state index contributed by atoms with van der Waals surface area (Å²) in [5.74, 6) is -6.15. The molecule has 4 nitrogen and oxygen atoms in total. The van der Waals surface area contributed by atoms with Crippen molar-refractivity contribution in [3.8, 4) is 0 Å². The lowest BCUT2D eigenvalue weighted by Gasteiger charge is -2.09. The summed E-state index contributed by atoms with van der Waals surface area (Å²) in [6, 6.07) is 9.10. The fourth-order valence-electron chi connectivity index (χ4n) is 2.81. The monoisotopic (exact) mass is 376 g/mol. The molecule has 2 aromatic carbocycles. The zero-order valence-electron chi connectivity index (χ0n) is 14.9. The summed E-state index contributed by atoms with van der Waals surface area (Å²) in [7, 11) is 0. The van der Waals surface area contributed by atoms with E-state index in [2.05, 4.69) is 24.5 Å². The van der Waals surface area contributed by atoms with Gasteiger partial charge in [0.2, 0.25) is 11.8 Å². The molecule has 0 saturated heterocycles. The van der Waals surface area contributed by atoms with Crippen molar-refractivity contribution in [3.63, 3.8) is 0 Å². The molecule has 2 unspecified atom stereocenters. The van der Waals surface area contributed by atoms with Gasteiger partial charge < -0.3 is 10.6 Å². The van der Waals surface area contributed by atoms with E-state index < -0.39 is 40.9 Å². The number of anilines is 2. The van der Waals surface area contributed by atoms with Crippen molar-refractivity contribution >= 4 is 23.2 Å². The Morgan fingerprint density at radius 1 is 0.889 bits per heavy atom. The molecule has 0 aromatic heterocycles. The predicted octanol–water partition coefficient (Wildman–Crippen LogP) is 4.44. The molecule has 2 aromatic rings. The molecule has 1 aliphatic carbocycles. The van der Waals surface area contributed by atoms with Gasteiger partial charge in [0.15, 0.2) is 17.5 Å². The van der Waals surface area contributed by atoms with Gasteiger partial charge in [0.25, 0.3) is 0 Å². The lowest BCUT2D eigenvalue weighted by Crippen LogP contribution is -2.21. The van der Waals surface area contributed by atoms with Gasteiger partial charge in [-0.1, -0.05) is 26.0 Å². The average Bonchev–Trinajstić information content (AvgIpc) is 3.43. The Labute approximate surface area is 154 Å². The van der Waals surface area contributed by atoms with Gasteiger partial charge >= 0.3 is 0 Å². The fraction of sp³-hybridized carbons (Fsp3) is 0.300. The zero-order chi connectivity index (χ0) is 19.7. The summed E-state index contributed by atoms with van der Waals surface area (Å²) >= 11 is 0. The molecule has 1 fully saturated rings. The number of hydrogen-bond donors (Lipinski definition) is 2. The van der Waals surface area contributed by atoms with Crippen LogP contribution in [0.4, 0.5) is 24.5 Å². The van der Waals surface area contributed by atoms with E-state index in [1.807, 2.05) is 12.1 Å². The number of benzene rings is 2. The number of halogens is 3. The van der Waals surface area contributed by atoms with Crippen LogP contribution in [-0.2, 0) is 9.59 Å². The maximum absolute atomic E-state index is 13.6. The molecule has 27 heavy (non-hydrogen) atoms. The third-order valence-electron chi connectivity index (χ3n) is 4.60. The van der Waals surface area contributed by atoms with Crippen molar-refractivity contribution in [2.75, 3.05) is 10.6 Å². The Hall–Kier alpha value is -2.83. The number of rotatable bonds is 5. The van der Waals surface area contributed by atoms with Crippen LogP contribution >= 0.6 is 0 Å². The van der Waals surface area contributed by atoms with Gasteiger partial charge in [0, 0.05) is 5.69 Å². The van der Waals surface area contributed by atoms with Gasteiger partial charge in [0.1, 0.15) is 0 Å². The number of nitrogens with one attached hydrogen (secondary N) is 2. The second kappa shape index (κ2) is 7.42. The Bertz CT molecular complexity index is 882. The van der Waals surface area contributed by atoms with E-state index in [0.29, 0.717) is 18.0 Å². The third-order valence-corrected chi connectivity index (χ3v) is 4.60. The highest BCUT2D eigenvalue weighted by Gasteiger charge is 2.48. The van der Waals surface area contributed by atoms with Crippen LogP contribution in [0, 0.1) is 29.3 Å². The first kappa shape index (κ1) is 18.9. The first-order chi connectivity index (χ1) is 12.8. The van der Waals surface area contributed by atoms with Gasteiger partial charge in [-0.3, -0.25) is 9.59 Å². The Morgan fingerprint density at radius 2 is 1.48 bits per heavy atom. The Balaban J connectivity index is 1.57. The van der Waals surface area contributed by atoms with E-state index in [4.69, 9.17) is 0 Å². The van der Waals surface area contributed by atoms with Crippen LogP contribution in [0.5, 0.6) is 0 Å². The smallest absolute Gasteiger partial charge is 0.228 e. The van der Waals surface area contributed by atoms with Crippen molar-refractivity contribution in [1.82, 2.24) is 0 Å². The summed E-state index contributed by atoms with van der Waals surface area (Å²) in [5, 5.41) is 4.95. The fourth-order valence-corrected chi connectivity index (χ4v) is 2.81. The molecule has 0 heterocycles. The van der Waals surface area contributed by atoms with Gasteiger partial charge in [-0.15, -0.1) is 0 Å². The molecule has 0 radical (unpaired) electrons. The molecule has 2 N–H and O–H groups in total. The van der Waals surface area contributed by atoms with Crippen molar-refractivity contribution in [3.05, 3.63) is 59.4 Å². The van der Waals surface area contributed by atoms with E-state index in [9.17, 15) is 22.8 Å². The molecular weight excluding hydrogens is 357 g/mol. The van der Waals surface area contributed by atoms with Gasteiger partial charge in [-0.25, -0.2) is 13.2 Å². The molecule has 2 amide bonds. The van der Waals surface area contributed by atoms with Crippen LogP contribution in [0.3, 0.4) is 0 Å². The van der Waals surface area contributed by atoms with Crippen molar-refractivity contribution in [2.45, 2.75) is 26.2 Å². The van der Waals surface area contributed by atoms with Crippen LogP contribution in [0.15, 0.2) is 36.4 Å². The summed E-state index contributed by atoms with van der Waals surface area (Å²) in [6.45, 7) is 4.13. The highest BCUT2D eigenvalue weighted by atomic mass is 19.2. The number of amides is 2. The predicted molar refractivity (Wildman–Crippen MR) is 95.7 cm³/mol. The molecule has 142 valence electrons. The molecule has 7 heteroatoms. The summed E-state index contributed by atoms with van der Waals surface area (Å²) < 4.78 is 39.8. The minimum atomic E-state index is -1.65. The summed E-state index contributed by atoms with van der Waals surface area (Å²) in [4.78, 5) is 24.4. The van der Waals surface area contributed by atoms with Crippen LogP contribution in [0.2, 0.25) is 0 Å². The quantitative estimate of drug-likeness (QED) is 0.758. The SMILES string of the molecule is CC(C)c1ccc(NC(=O)C2CC2C(=O)Nc2ccc(F)c(F)c2F)cc1. The standard InChI is InChI=1S/C20H19F3N2O2/c1-10(2)11-3-5-12(6-4-11)24-19(26)13-9-14(13)20(27)25-16-8-7-15(21)17(22)18(16)23/h3-8,10,13-14H,9H2,1-2H3,(H,24,26)(H,25,27). The largest absolute Gasteiger partial charge is 0.326 e. The summed E-state index contributed by atoms with van der Waals surface area (Å²) in [5.41, 5.74) is 1.32. The van der Waals surface area contributed by atoms with Crippen LogP contribution in [0.1, 0.15) is 31.7 Å². The maximum Gasteiger partial charge on any atom is 0.228 e. The molecule has 0 spiro atoms. The molecular formula is C20H19F3N2O2. The first-order valence-electron chi connectivity index (χ1n) is 8.63. The normalized spacial score (nSPS) is 18.3. The minimum absolute atomic E-state index is 0.307. The van der Waals surface area contributed by atoms with Crippen LogP contribution in [0.25, 0.3) is 0 Å². The zero-order valence-corrected chi connectivity index (χ0v) is 14.9. The second-order valence-corrected chi connectivity index (χ2v) is 6.93. The summed E-state index contributed by atoms with van der Waals surface area (Å²) in [6.07, 6.45) is 0.313. The van der Waals surface area contributed by atoms with E-state index in [-0.39, 0.29) is 5.91 Å². The highest BCUT2D eigenvalue weighted by molar-refractivity contribution is 6.03. The van der Waals surface area contributed by atoms with E-state index in [0.717, 1.165) is 17.7 Å². The number of hydrogen-bond acceptors (Lipinski definition) is 2. The van der Waals surface area contributed by atoms with E-state index in [1.165, 1.54) is 0 Å². The van der Waals surface area contributed by atoms with E-state index in [1.54, 1.807) is 12.1 Å². The lowest BCUT2D eigenvalue weighted by molar-refractivity contribution is -0.122. The first-order valence-corrected chi connectivity index (χ1v) is 8.63. The molecule has 0 bridgehead atoms. The van der Waals surface area contributed by atoms with Gasteiger partial charge in [-0.2, -0.15) is 0 Å². The maximum atomic E-state index is 13.6. The minimum Gasteiger partial charge on any atom is -0.326 e. The third kappa shape index (κ3) is 4.13. The van der Waals surface area contributed by atoms with Gasteiger partial charge in [-0.05, 0) is 42.2 Å². The topological polar surface area (TPSA) is 58.2 Å². The van der Waals surface area contributed by atoms with E-state index >= 15 is 0 Å². The second-order valence-electron chi connectivity index (χ2n) is 6.93. The van der Waals surface area contributed by atoms with Gasteiger partial charge in [0.05, 0.1) is 17.5 Å².